The Labute approximate surface area is 176 Å². The predicted molar refractivity (Wildman–Crippen MR) is 120 cm³/mol. The average molecular weight is 403 g/mol. The van der Waals surface area contributed by atoms with Crippen molar-refractivity contribution < 1.29 is 4.79 Å². The molecule has 30 heavy (non-hydrogen) atoms. The molecule has 0 radical (unpaired) electrons. The fourth-order valence-electron chi connectivity index (χ4n) is 2.95. The Morgan fingerprint density at radius 3 is 2.73 bits per heavy atom. The number of carbonyl (C=O) groups excluding carboxylic acids is 1. The largest absolute Gasteiger partial charge is 0.363 e. The lowest BCUT2D eigenvalue weighted by Crippen LogP contribution is -2.12. The lowest BCUT2D eigenvalue weighted by atomic mass is 10.1. The van der Waals surface area contributed by atoms with Crippen LogP contribution in [0.3, 0.4) is 0 Å². The molecule has 2 N–H and O–H groups in total. The summed E-state index contributed by atoms with van der Waals surface area (Å²) in [5.41, 5.74) is 1.84. The lowest BCUT2D eigenvalue weighted by molar-refractivity contribution is -0.111. The van der Waals surface area contributed by atoms with Crippen LogP contribution in [-0.4, -0.2) is 46.4 Å². The Hall–Kier alpha value is -3.50. The minimum atomic E-state index is -0.379. The zero-order valence-electron chi connectivity index (χ0n) is 17.5. The Kier molecular flexibility index (Phi) is 7.30. The number of anilines is 2. The van der Waals surface area contributed by atoms with Gasteiger partial charge in [0.25, 0.3) is 0 Å². The van der Waals surface area contributed by atoms with Crippen molar-refractivity contribution in [2.75, 3.05) is 31.3 Å². The van der Waals surface area contributed by atoms with E-state index in [0.717, 1.165) is 23.9 Å². The van der Waals surface area contributed by atoms with E-state index in [-0.39, 0.29) is 11.9 Å². The quantitative estimate of drug-likeness (QED) is 0.465. The molecular weight excluding hydrogens is 376 g/mol. The van der Waals surface area contributed by atoms with Crippen LogP contribution in [0.15, 0.2) is 48.9 Å². The van der Waals surface area contributed by atoms with E-state index in [1.807, 2.05) is 32.3 Å². The van der Waals surface area contributed by atoms with Crippen LogP contribution in [0.4, 0.5) is 11.6 Å². The molecule has 7 nitrogen and oxygen atoms in total. The third-order valence-electron chi connectivity index (χ3n) is 4.53. The first-order valence-electron chi connectivity index (χ1n) is 9.90. The summed E-state index contributed by atoms with van der Waals surface area (Å²) in [6.07, 6.45) is 4.72. The highest BCUT2D eigenvalue weighted by molar-refractivity contribution is 6.04. The molecule has 1 atom stereocenters. The van der Waals surface area contributed by atoms with E-state index in [1.54, 1.807) is 12.3 Å². The average Bonchev–Trinajstić information content (AvgIpc) is 2.74. The lowest BCUT2D eigenvalue weighted by Gasteiger charge is -2.16. The maximum absolute atomic E-state index is 12.1. The molecule has 3 rings (SSSR count). The molecule has 1 amide bonds. The number of amides is 1. The summed E-state index contributed by atoms with van der Waals surface area (Å²) in [5.74, 6) is 6.24. The van der Waals surface area contributed by atoms with Crippen LogP contribution in [0.25, 0.3) is 10.9 Å². The first-order chi connectivity index (χ1) is 14.5. The van der Waals surface area contributed by atoms with Crippen LogP contribution in [0.1, 0.15) is 31.4 Å². The van der Waals surface area contributed by atoms with Gasteiger partial charge in [0, 0.05) is 17.8 Å². The Morgan fingerprint density at radius 2 is 1.97 bits per heavy atom. The smallest absolute Gasteiger partial charge is 0.301 e. The summed E-state index contributed by atoms with van der Waals surface area (Å²) in [6, 6.07) is 11.9. The van der Waals surface area contributed by atoms with Gasteiger partial charge in [-0.15, -0.1) is 0 Å². The highest BCUT2D eigenvalue weighted by Crippen LogP contribution is 2.25. The van der Waals surface area contributed by atoms with Gasteiger partial charge in [0.1, 0.15) is 18.0 Å². The zero-order valence-corrected chi connectivity index (χ0v) is 17.5. The second kappa shape index (κ2) is 10.3. The van der Waals surface area contributed by atoms with E-state index in [4.69, 9.17) is 0 Å². The van der Waals surface area contributed by atoms with Gasteiger partial charge in [-0.2, -0.15) is 0 Å². The van der Waals surface area contributed by atoms with E-state index in [9.17, 15) is 4.79 Å². The minimum absolute atomic E-state index is 0.0588. The zero-order chi connectivity index (χ0) is 21.3. The molecular formula is C23H26N6O. The maximum atomic E-state index is 12.1. The van der Waals surface area contributed by atoms with Crippen LogP contribution in [0.5, 0.6) is 0 Å². The fourth-order valence-corrected chi connectivity index (χ4v) is 2.95. The molecule has 0 aliphatic heterocycles. The van der Waals surface area contributed by atoms with Gasteiger partial charge < -0.3 is 10.2 Å². The molecule has 0 aliphatic carbocycles. The van der Waals surface area contributed by atoms with E-state index in [1.165, 1.54) is 6.33 Å². The summed E-state index contributed by atoms with van der Waals surface area (Å²) in [4.78, 5) is 27.1. The van der Waals surface area contributed by atoms with Gasteiger partial charge in [-0.1, -0.05) is 36.3 Å². The molecule has 3 aromatic rings. The number of nitrogens with zero attached hydrogens (tertiary/aromatic N) is 4. The monoisotopic (exact) mass is 402 g/mol. The fraction of sp³-hybridized carbons (Fsp3) is 0.304. The summed E-state index contributed by atoms with van der Waals surface area (Å²) in [5, 5.41) is 6.93. The molecule has 0 bridgehead atoms. The predicted octanol–water partition coefficient (Wildman–Crippen LogP) is 3.48. The van der Waals surface area contributed by atoms with E-state index in [0.29, 0.717) is 23.6 Å². The number of nitrogens with one attached hydrogen (secondary N) is 2. The number of hydrogen-bond donors (Lipinski definition) is 2. The normalized spacial score (nSPS) is 11.6. The number of hydrogen-bond acceptors (Lipinski definition) is 6. The Balaban J connectivity index is 1.71. The Bertz CT molecular complexity index is 1060. The number of benzene rings is 1. The van der Waals surface area contributed by atoms with E-state index < -0.39 is 0 Å². The number of aromatic nitrogens is 3. The van der Waals surface area contributed by atoms with Crippen molar-refractivity contribution in [2.45, 2.75) is 25.8 Å². The number of rotatable bonds is 7. The number of fused-ring (bicyclic) bond motifs is 1. The van der Waals surface area contributed by atoms with Crippen LogP contribution < -0.4 is 10.6 Å². The van der Waals surface area contributed by atoms with Gasteiger partial charge in [0.05, 0.1) is 11.7 Å². The topological polar surface area (TPSA) is 83.0 Å². The summed E-state index contributed by atoms with van der Waals surface area (Å²) >= 11 is 0. The molecule has 0 fully saturated rings. The van der Waals surface area contributed by atoms with Crippen molar-refractivity contribution in [1.82, 2.24) is 19.9 Å². The maximum Gasteiger partial charge on any atom is 0.301 e. The van der Waals surface area contributed by atoms with Crippen molar-refractivity contribution in [2.24, 2.45) is 0 Å². The van der Waals surface area contributed by atoms with Crippen LogP contribution in [0, 0.1) is 11.8 Å². The van der Waals surface area contributed by atoms with Crippen LogP contribution in [0.2, 0.25) is 0 Å². The van der Waals surface area contributed by atoms with Gasteiger partial charge in [-0.3, -0.25) is 10.1 Å². The molecule has 7 heteroatoms. The number of unbranched alkanes of at least 4 members (excludes halogenated alkanes) is 1. The van der Waals surface area contributed by atoms with Crippen molar-refractivity contribution in [1.29, 1.82) is 0 Å². The number of pyridine rings is 1. The second-order valence-electron chi connectivity index (χ2n) is 7.25. The molecule has 0 aliphatic rings. The van der Waals surface area contributed by atoms with Crippen molar-refractivity contribution in [3.63, 3.8) is 0 Å². The third kappa shape index (κ3) is 6.00. The first kappa shape index (κ1) is 21.2. The number of carbonyl (C=O) groups is 1. The van der Waals surface area contributed by atoms with Gasteiger partial charge in [-0.25, -0.2) is 15.0 Å². The van der Waals surface area contributed by atoms with E-state index in [2.05, 4.69) is 61.4 Å². The standard InChI is InChI=1S/C23H26N6O/c1-17(18-10-6-4-7-11-18)27-23-19-14-21(24-15-20(19)25-16-26-23)28-22(30)12-8-5-9-13-29(2)3/h4,6-7,10-11,14-17H,5,9,13H2,1-3H3,(H,24,28,30)(H,25,26,27). The molecule has 2 heterocycles. The SMILES string of the molecule is CC(Nc1ncnc2cnc(NC(=O)C#CCCCN(C)C)cc12)c1ccccc1. The molecule has 0 spiro atoms. The summed E-state index contributed by atoms with van der Waals surface area (Å²) < 4.78 is 0. The van der Waals surface area contributed by atoms with E-state index >= 15 is 0 Å². The second-order valence-corrected chi connectivity index (χ2v) is 7.25. The van der Waals surface area contributed by atoms with Crippen LogP contribution >= 0.6 is 0 Å². The highest BCUT2D eigenvalue weighted by Gasteiger charge is 2.11. The molecule has 1 aromatic carbocycles. The molecule has 0 saturated carbocycles. The van der Waals surface area contributed by atoms with Gasteiger partial charge >= 0.3 is 5.91 Å². The van der Waals surface area contributed by atoms with Crippen molar-refractivity contribution in [3.8, 4) is 11.8 Å². The molecule has 0 saturated heterocycles. The van der Waals surface area contributed by atoms with Gasteiger partial charge in [-0.05, 0) is 51.5 Å². The summed E-state index contributed by atoms with van der Waals surface area (Å²) in [6.45, 7) is 3.01. The summed E-state index contributed by atoms with van der Waals surface area (Å²) in [7, 11) is 4.03. The molecule has 2 aromatic heterocycles. The first-order valence-corrected chi connectivity index (χ1v) is 9.90. The van der Waals surface area contributed by atoms with Crippen LogP contribution in [-0.2, 0) is 4.79 Å². The third-order valence-corrected chi connectivity index (χ3v) is 4.53. The van der Waals surface area contributed by atoms with Gasteiger partial charge in [0.2, 0.25) is 0 Å². The molecule has 154 valence electrons. The molecule has 1 unspecified atom stereocenters. The minimum Gasteiger partial charge on any atom is -0.363 e. The van der Waals surface area contributed by atoms with Gasteiger partial charge in [0.15, 0.2) is 0 Å². The van der Waals surface area contributed by atoms with Crippen molar-refractivity contribution in [3.05, 3.63) is 54.5 Å². The van der Waals surface area contributed by atoms with Crippen molar-refractivity contribution >= 4 is 28.4 Å². The Morgan fingerprint density at radius 1 is 1.17 bits per heavy atom. The highest BCUT2D eigenvalue weighted by atomic mass is 16.1.